The summed E-state index contributed by atoms with van der Waals surface area (Å²) in [6, 6.07) is 18.4. The van der Waals surface area contributed by atoms with Gasteiger partial charge in [-0.05, 0) is 78.7 Å². The molecule has 0 radical (unpaired) electrons. The largest absolute Gasteiger partial charge is 0.205 e. The molecule has 1 heteroatoms. The number of unbranched alkanes of at least 4 members (excludes halogenated alkanes) is 3. The van der Waals surface area contributed by atoms with Gasteiger partial charge in [0.05, 0.1) is 5.56 Å². The molecule has 0 bridgehead atoms. The van der Waals surface area contributed by atoms with Gasteiger partial charge in [-0.25, -0.2) is 4.39 Å². The number of hydrogen-bond acceptors (Lipinski definition) is 0. The van der Waals surface area contributed by atoms with Gasteiger partial charge in [0.15, 0.2) is 0 Å². The Morgan fingerprint density at radius 1 is 0.818 bits per heavy atom. The van der Waals surface area contributed by atoms with Crippen LogP contribution in [0.4, 0.5) is 4.39 Å². The van der Waals surface area contributed by atoms with Crippen LogP contribution in [-0.2, 0) is 6.42 Å². The van der Waals surface area contributed by atoms with Crippen LogP contribution in [0.25, 0.3) is 10.8 Å². The van der Waals surface area contributed by atoms with Crippen LogP contribution < -0.4 is 0 Å². The predicted octanol–water partition coefficient (Wildman–Crippen LogP) is 9.19. The first-order chi connectivity index (χ1) is 16.2. The van der Waals surface area contributed by atoms with Crippen molar-refractivity contribution >= 4 is 10.8 Å². The topological polar surface area (TPSA) is 0 Å². The molecule has 0 nitrogen and oxygen atoms in total. The van der Waals surface area contributed by atoms with E-state index in [-0.39, 0.29) is 5.82 Å². The Labute approximate surface area is 199 Å². The lowest BCUT2D eigenvalue weighted by Crippen LogP contribution is -2.13. The highest BCUT2D eigenvalue weighted by atomic mass is 19.1. The molecule has 0 spiro atoms. The number of fused-ring (bicyclic) bond motifs is 1. The Morgan fingerprint density at radius 3 is 2.33 bits per heavy atom. The van der Waals surface area contributed by atoms with Crippen LogP contribution in [0.1, 0.15) is 99.8 Å². The summed E-state index contributed by atoms with van der Waals surface area (Å²) in [5.41, 5.74) is 4.05. The molecule has 1 fully saturated rings. The average Bonchev–Trinajstić information content (AvgIpc) is 2.87. The Balaban J connectivity index is 1.42. The van der Waals surface area contributed by atoms with E-state index in [1.165, 1.54) is 68.9 Å². The van der Waals surface area contributed by atoms with Gasteiger partial charge in [-0.15, -0.1) is 0 Å². The van der Waals surface area contributed by atoms with Crippen molar-refractivity contribution in [2.45, 2.75) is 84.0 Å². The van der Waals surface area contributed by atoms with Crippen LogP contribution in [0, 0.1) is 23.6 Å². The standard InChI is InChI=1S/C32H37F/c1-3-5-6-7-8-25-13-16-27(17-14-25)29-21-22-31-30(23-29)20-19-28(32(31)33)18-15-26-11-9-24(4-2)10-12-26/h9-12,19-23,25,27H,3-8,13-14,16-17H2,1-2H3. The minimum absolute atomic E-state index is 0.201. The summed E-state index contributed by atoms with van der Waals surface area (Å²) in [5.74, 6) is 7.49. The monoisotopic (exact) mass is 440 g/mol. The molecule has 1 aliphatic rings. The number of hydrogen-bond donors (Lipinski definition) is 0. The van der Waals surface area contributed by atoms with Crippen molar-refractivity contribution < 1.29 is 4.39 Å². The Bertz CT molecular complexity index is 1100. The van der Waals surface area contributed by atoms with E-state index in [4.69, 9.17) is 0 Å². The van der Waals surface area contributed by atoms with Gasteiger partial charge in [-0.1, -0.05) is 94.2 Å². The van der Waals surface area contributed by atoms with Crippen LogP contribution in [-0.4, -0.2) is 0 Å². The van der Waals surface area contributed by atoms with Crippen LogP contribution in [0.3, 0.4) is 0 Å². The van der Waals surface area contributed by atoms with E-state index in [1.54, 1.807) is 0 Å². The quantitative estimate of drug-likeness (QED) is 0.254. The molecule has 0 unspecified atom stereocenters. The van der Waals surface area contributed by atoms with Crippen molar-refractivity contribution in [3.05, 3.63) is 82.7 Å². The molecule has 33 heavy (non-hydrogen) atoms. The molecule has 0 saturated heterocycles. The smallest absolute Gasteiger partial charge is 0.146 e. The Hall–Kier alpha value is -2.59. The summed E-state index contributed by atoms with van der Waals surface area (Å²) in [5, 5.41) is 1.67. The summed E-state index contributed by atoms with van der Waals surface area (Å²) in [7, 11) is 0. The van der Waals surface area contributed by atoms with E-state index >= 15 is 4.39 Å². The van der Waals surface area contributed by atoms with Crippen molar-refractivity contribution in [3.63, 3.8) is 0 Å². The lowest BCUT2D eigenvalue weighted by Gasteiger charge is -2.29. The Kier molecular flexibility index (Phi) is 8.22. The van der Waals surface area contributed by atoms with E-state index in [2.05, 4.69) is 50.0 Å². The summed E-state index contributed by atoms with van der Waals surface area (Å²) >= 11 is 0. The maximum absolute atomic E-state index is 15.2. The fourth-order valence-electron chi connectivity index (χ4n) is 5.27. The molecule has 3 aromatic carbocycles. The third kappa shape index (κ3) is 6.05. The van der Waals surface area contributed by atoms with E-state index < -0.39 is 0 Å². The Morgan fingerprint density at radius 2 is 1.61 bits per heavy atom. The van der Waals surface area contributed by atoms with E-state index in [9.17, 15) is 0 Å². The lowest BCUT2D eigenvalue weighted by molar-refractivity contribution is 0.302. The number of aryl methyl sites for hydroxylation is 1. The minimum Gasteiger partial charge on any atom is -0.205 e. The molecule has 0 aliphatic heterocycles. The second kappa shape index (κ2) is 11.5. The lowest BCUT2D eigenvalue weighted by atomic mass is 9.76. The fourth-order valence-corrected chi connectivity index (χ4v) is 5.27. The van der Waals surface area contributed by atoms with Crippen molar-refractivity contribution in [1.29, 1.82) is 0 Å². The van der Waals surface area contributed by atoms with Gasteiger partial charge in [-0.3, -0.25) is 0 Å². The molecule has 3 aromatic rings. The molecule has 4 rings (SSSR count). The second-order valence-electron chi connectivity index (χ2n) is 9.78. The van der Waals surface area contributed by atoms with Crippen LogP contribution in [0.15, 0.2) is 54.6 Å². The minimum atomic E-state index is -0.201. The van der Waals surface area contributed by atoms with Gasteiger partial charge in [0.1, 0.15) is 5.82 Å². The summed E-state index contributed by atoms with van der Waals surface area (Å²) in [6.45, 7) is 4.42. The maximum Gasteiger partial charge on any atom is 0.146 e. The van der Waals surface area contributed by atoms with Gasteiger partial charge in [0.25, 0.3) is 0 Å². The second-order valence-corrected chi connectivity index (χ2v) is 9.78. The van der Waals surface area contributed by atoms with Crippen LogP contribution >= 0.6 is 0 Å². The average molecular weight is 441 g/mol. The van der Waals surface area contributed by atoms with Crippen molar-refractivity contribution in [3.8, 4) is 11.8 Å². The van der Waals surface area contributed by atoms with E-state index in [0.717, 1.165) is 23.3 Å². The molecular formula is C32H37F. The predicted molar refractivity (Wildman–Crippen MR) is 139 cm³/mol. The molecule has 0 N–H and O–H groups in total. The molecule has 1 saturated carbocycles. The molecule has 0 amide bonds. The third-order valence-corrected chi connectivity index (χ3v) is 7.47. The summed E-state index contributed by atoms with van der Waals surface area (Å²) in [4.78, 5) is 0. The van der Waals surface area contributed by atoms with Crippen LogP contribution in [0.5, 0.6) is 0 Å². The van der Waals surface area contributed by atoms with Gasteiger partial charge in [-0.2, -0.15) is 0 Å². The zero-order chi connectivity index (χ0) is 23.0. The first-order valence-electron chi connectivity index (χ1n) is 13.0. The molecule has 1 aliphatic carbocycles. The van der Waals surface area contributed by atoms with Crippen molar-refractivity contribution in [2.24, 2.45) is 5.92 Å². The SMILES string of the molecule is CCCCCCC1CCC(c2ccc3c(F)c(C#Cc4ccc(CC)cc4)ccc3c2)CC1. The summed E-state index contributed by atoms with van der Waals surface area (Å²) in [6.07, 6.45) is 13.1. The number of rotatable bonds is 7. The summed E-state index contributed by atoms with van der Waals surface area (Å²) < 4.78 is 15.2. The number of halogens is 1. The van der Waals surface area contributed by atoms with Gasteiger partial charge in [0.2, 0.25) is 0 Å². The number of benzene rings is 3. The van der Waals surface area contributed by atoms with Crippen molar-refractivity contribution in [1.82, 2.24) is 0 Å². The molecule has 0 aromatic heterocycles. The molecular weight excluding hydrogens is 403 g/mol. The zero-order valence-corrected chi connectivity index (χ0v) is 20.3. The normalized spacial score (nSPS) is 18.2. The zero-order valence-electron chi connectivity index (χ0n) is 20.3. The fraction of sp³-hybridized carbons (Fsp3) is 0.438. The maximum atomic E-state index is 15.2. The molecule has 172 valence electrons. The molecule has 0 heterocycles. The first-order valence-corrected chi connectivity index (χ1v) is 13.0. The van der Waals surface area contributed by atoms with Gasteiger partial charge < -0.3 is 0 Å². The molecule has 0 atom stereocenters. The van der Waals surface area contributed by atoms with Crippen LogP contribution in [0.2, 0.25) is 0 Å². The highest BCUT2D eigenvalue weighted by Crippen LogP contribution is 2.38. The highest BCUT2D eigenvalue weighted by molar-refractivity contribution is 5.85. The first kappa shape index (κ1) is 23.6. The highest BCUT2D eigenvalue weighted by Gasteiger charge is 2.22. The van der Waals surface area contributed by atoms with Gasteiger partial charge in [0, 0.05) is 10.9 Å². The third-order valence-electron chi connectivity index (χ3n) is 7.47. The van der Waals surface area contributed by atoms with E-state index in [0.29, 0.717) is 16.9 Å². The van der Waals surface area contributed by atoms with Crippen molar-refractivity contribution in [2.75, 3.05) is 0 Å². The van der Waals surface area contributed by atoms with E-state index in [1.807, 2.05) is 30.3 Å². The van der Waals surface area contributed by atoms with Gasteiger partial charge >= 0.3 is 0 Å².